The molecule has 0 bridgehead atoms. The fraction of sp³-hybridized carbons (Fsp3) is 0.333. The number of esters is 1. The zero-order valence-corrected chi connectivity index (χ0v) is 10.9. The molecule has 94 valence electrons. The molecule has 0 saturated heterocycles. The minimum atomic E-state index is -1.59. The van der Waals surface area contributed by atoms with Crippen molar-refractivity contribution in [3.8, 4) is 0 Å². The largest absolute Gasteiger partial charge is 0.465 e. The number of hydrogen-bond acceptors (Lipinski definition) is 2. The first-order valence-corrected chi connectivity index (χ1v) is 5.86. The van der Waals surface area contributed by atoms with E-state index in [1.807, 2.05) is 0 Å². The van der Waals surface area contributed by atoms with Gasteiger partial charge in [0, 0.05) is 0 Å². The lowest BCUT2D eigenvalue weighted by molar-refractivity contribution is 0.0598. The van der Waals surface area contributed by atoms with Crippen LogP contribution in [0.25, 0.3) is 4.85 Å². The molecule has 6 heteroatoms. The van der Waals surface area contributed by atoms with Gasteiger partial charge in [-0.05, 0) is 28.1 Å². The maximum atomic E-state index is 14.1. The molecule has 1 aliphatic rings. The van der Waals surface area contributed by atoms with Crippen molar-refractivity contribution in [2.45, 2.75) is 18.1 Å². The normalized spacial score (nSPS) is 25.4. The summed E-state index contributed by atoms with van der Waals surface area (Å²) in [6.45, 7) is 7.05. The smallest absolute Gasteiger partial charge is 0.338 e. The molecule has 0 spiro atoms. The number of benzene rings is 1. The first-order chi connectivity index (χ1) is 8.47. The molecule has 18 heavy (non-hydrogen) atoms. The highest BCUT2D eigenvalue weighted by Crippen LogP contribution is 2.54. The second-order valence-corrected chi connectivity index (χ2v) is 4.84. The minimum absolute atomic E-state index is 0.0901. The van der Waals surface area contributed by atoms with Crippen molar-refractivity contribution in [1.29, 1.82) is 0 Å². The van der Waals surface area contributed by atoms with Gasteiger partial charge in [-0.25, -0.2) is 20.1 Å². The molecule has 0 unspecified atom stereocenters. The zero-order valence-electron chi connectivity index (χ0n) is 9.34. The summed E-state index contributed by atoms with van der Waals surface area (Å²) < 4.78 is 32.1. The Kier molecular flexibility index (Phi) is 3.11. The van der Waals surface area contributed by atoms with Crippen LogP contribution in [-0.2, 0) is 10.3 Å². The number of ether oxygens (including phenoxy) is 1. The third-order valence-corrected chi connectivity index (χ3v) is 3.59. The molecule has 2 atom stereocenters. The van der Waals surface area contributed by atoms with Gasteiger partial charge in [-0.2, -0.15) is 0 Å². The van der Waals surface area contributed by atoms with E-state index >= 15 is 0 Å². The van der Waals surface area contributed by atoms with Crippen molar-refractivity contribution in [1.82, 2.24) is 0 Å². The van der Waals surface area contributed by atoms with Crippen molar-refractivity contribution < 1.29 is 18.3 Å². The Hall–Kier alpha value is -1.48. The molecule has 0 radical (unpaired) electrons. The third kappa shape index (κ3) is 1.70. The Labute approximate surface area is 111 Å². The molecule has 2 rings (SSSR count). The summed E-state index contributed by atoms with van der Waals surface area (Å²) in [6.07, 6.45) is -1.56. The van der Waals surface area contributed by atoms with E-state index in [-0.39, 0.29) is 22.0 Å². The highest BCUT2D eigenvalue weighted by Gasteiger charge is 2.68. The Morgan fingerprint density at radius 3 is 2.72 bits per heavy atom. The summed E-state index contributed by atoms with van der Waals surface area (Å²) in [5.74, 6) is -1.56. The first-order valence-electron chi connectivity index (χ1n) is 5.07. The number of hydrogen-bond donors (Lipinski definition) is 0. The second-order valence-electron chi connectivity index (χ2n) is 3.98. The van der Waals surface area contributed by atoms with E-state index in [1.165, 1.54) is 12.1 Å². The van der Waals surface area contributed by atoms with Gasteiger partial charge in [0.05, 0.1) is 29.1 Å². The van der Waals surface area contributed by atoms with Gasteiger partial charge in [0.2, 0.25) is 0 Å². The van der Waals surface area contributed by atoms with Crippen molar-refractivity contribution in [2.24, 2.45) is 0 Å². The van der Waals surface area contributed by atoms with Crippen LogP contribution in [-0.4, -0.2) is 19.3 Å². The van der Waals surface area contributed by atoms with Gasteiger partial charge in [-0.3, -0.25) is 0 Å². The molecular formula is C12H8BrF2NO2. The molecule has 1 fully saturated rings. The standard InChI is InChI=1S/C12H8BrF2NO2/c1-16-12(5-8(12)14)9-6(11(17)18-2)3-4-7(13)10(9)15/h3-4,8H,5H2,2H3/t8-,12-/m1/s1. The van der Waals surface area contributed by atoms with E-state index in [0.29, 0.717) is 0 Å². The SMILES string of the molecule is [C-]#[N+][C@]1(c2c(C(=O)OC)ccc(Br)c2F)C[C@H]1F. The van der Waals surface area contributed by atoms with Gasteiger partial charge < -0.3 is 9.58 Å². The number of rotatable bonds is 2. The van der Waals surface area contributed by atoms with Gasteiger partial charge >= 0.3 is 5.97 Å². The summed E-state index contributed by atoms with van der Waals surface area (Å²) in [7, 11) is 1.15. The third-order valence-electron chi connectivity index (χ3n) is 2.98. The molecule has 1 aromatic rings. The lowest BCUT2D eigenvalue weighted by Crippen LogP contribution is -2.16. The van der Waals surface area contributed by atoms with E-state index in [1.54, 1.807) is 0 Å². The van der Waals surface area contributed by atoms with Gasteiger partial charge in [-0.15, -0.1) is 0 Å². The van der Waals surface area contributed by atoms with Crippen LogP contribution in [0, 0.1) is 12.4 Å². The summed E-state index contributed by atoms with van der Waals surface area (Å²) >= 11 is 2.97. The average molecular weight is 316 g/mol. The van der Waals surface area contributed by atoms with E-state index in [2.05, 4.69) is 25.5 Å². The first kappa shape index (κ1) is 13.0. The topological polar surface area (TPSA) is 30.7 Å². The Morgan fingerprint density at radius 2 is 2.28 bits per heavy atom. The fourth-order valence-electron chi connectivity index (χ4n) is 1.90. The maximum absolute atomic E-state index is 14.1. The molecule has 0 amide bonds. The van der Waals surface area contributed by atoms with Crippen LogP contribution in [0.3, 0.4) is 0 Å². The number of carbonyl (C=O) groups is 1. The summed E-state index contributed by atoms with van der Waals surface area (Å²) in [6, 6.07) is 2.66. The highest BCUT2D eigenvalue weighted by molar-refractivity contribution is 9.10. The van der Waals surface area contributed by atoms with Gasteiger partial charge in [0.15, 0.2) is 6.17 Å². The highest BCUT2D eigenvalue weighted by atomic mass is 79.9. The van der Waals surface area contributed by atoms with Crippen LogP contribution in [0.5, 0.6) is 0 Å². The average Bonchev–Trinajstić information content (AvgIpc) is 3.03. The molecule has 0 aromatic heterocycles. The van der Waals surface area contributed by atoms with Crippen molar-refractivity contribution in [2.75, 3.05) is 7.11 Å². The lowest BCUT2D eigenvalue weighted by Gasteiger charge is -2.11. The van der Waals surface area contributed by atoms with Crippen LogP contribution in [0.2, 0.25) is 0 Å². The van der Waals surface area contributed by atoms with Crippen molar-refractivity contribution in [3.05, 3.63) is 45.0 Å². The summed E-state index contributed by atoms with van der Waals surface area (Å²) in [4.78, 5) is 14.7. The summed E-state index contributed by atoms with van der Waals surface area (Å²) in [5, 5.41) is 0. The van der Waals surface area contributed by atoms with Crippen LogP contribution in [0.15, 0.2) is 16.6 Å². The van der Waals surface area contributed by atoms with E-state index in [0.717, 1.165) is 7.11 Å². The predicted molar refractivity (Wildman–Crippen MR) is 63.2 cm³/mol. The predicted octanol–water partition coefficient (Wildman–Crippen LogP) is 3.23. The van der Waals surface area contributed by atoms with Gasteiger partial charge in [-0.1, -0.05) is 0 Å². The Morgan fingerprint density at radius 1 is 1.67 bits per heavy atom. The Balaban J connectivity index is 2.68. The van der Waals surface area contributed by atoms with E-state index in [9.17, 15) is 13.6 Å². The van der Waals surface area contributed by atoms with Crippen molar-refractivity contribution in [3.63, 3.8) is 0 Å². The molecule has 1 saturated carbocycles. The lowest BCUT2D eigenvalue weighted by atomic mass is 9.98. The second kappa shape index (κ2) is 4.32. The molecule has 0 heterocycles. The molecular weight excluding hydrogens is 308 g/mol. The molecule has 3 nitrogen and oxygen atoms in total. The number of halogens is 3. The zero-order chi connectivity index (χ0) is 13.5. The summed E-state index contributed by atoms with van der Waals surface area (Å²) in [5.41, 5.74) is -1.90. The van der Waals surface area contributed by atoms with Crippen LogP contribution in [0.1, 0.15) is 22.3 Å². The monoisotopic (exact) mass is 315 g/mol. The molecule has 0 aliphatic heterocycles. The fourth-order valence-corrected chi connectivity index (χ4v) is 2.23. The quantitative estimate of drug-likeness (QED) is 0.619. The van der Waals surface area contributed by atoms with Crippen molar-refractivity contribution >= 4 is 21.9 Å². The van der Waals surface area contributed by atoms with E-state index < -0.39 is 23.5 Å². The number of nitrogens with zero attached hydrogens (tertiary/aromatic N) is 1. The maximum Gasteiger partial charge on any atom is 0.338 e. The van der Waals surface area contributed by atoms with Gasteiger partial charge in [0.1, 0.15) is 5.82 Å². The number of carbonyl (C=O) groups excluding carboxylic acids is 1. The molecule has 0 N–H and O–H groups in total. The van der Waals surface area contributed by atoms with E-state index in [4.69, 9.17) is 6.57 Å². The minimum Gasteiger partial charge on any atom is -0.465 e. The Bertz CT molecular complexity index is 570. The molecule has 1 aromatic carbocycles. The number of alkyl halides is 1. The molecule has 1 aliphatic carbocycles. The van der Waals surface area contributed by atoms with Gasteiger partial charge in [0.25, 0.3) is 5.54 Å². The van der Waals surface area contributed by atoms with Crippen LogP contribution >= 0.6 is 15.9 Å². The number of methoxy groups -OCH3 is 1. The van der Waals surface area contributed by atoms with Crippen LogP contribution < -0.4 is 0 Å². The van der Waals surface area contributed by atoms with Crippen LogP contribution in [0.4, 0.5) is 8.78 Å².